The lowest BCUT2D eigenvalue weighted by Gasteiger charge is -2.18. The number of hydrogen-bond donors (Lipinski definition) is 0. The van der Waals surface area contributed by atoms with Crippen LogP contribution in [0.2, 0.25) is 0 Å². The van der Waals surface area contributed by atoms with E-state index in [0.29, 0.717) is 18.5 Å². The lowest BCUT2D eigenvalue weighted by molar-refractivity contribution is -0.137. The molecule has 20 heavy (non-hydrogen) atoms. The molecule has 0 spiro atoms. The maximum absolute atomic E-state index is 13.0. The predicted octanol–water partition coefficient (Wildman–Crippen LogP) is 5.12. The Hall–Kier alpha value is -1.58. The molecule has 1 aliphatic rings. The van der Waals surface area contributed by atoms with Crippen molar-refractivity contribution < 1.29 is 13.2 Å². The summed E-state index contributed by atoms with van der Waals surface area (Å²) in [6, 6.07) is 5.79. The average Bonchev–Trinajstić information content (AvgIpc) is 2.44. The second-order valence-corrected chi connectivity index (χ2v) is 4.94. The van der Waals surface area contributed by atoms with Crippen LogP contribution in [0, 0.1) is 0 Å². The van der Waals surface area contributed by atoms with Crippen molar-refractivity contribution in [2.75, 3.05) is 6.54 Å². The minimum Gasteiger partial charge on any atom is -0.289 e. The zero-order valence-electron chi connectivity index (χ0n) is 11.5. The normalized spacial score (nSPS) is 15.8. The average molecular weight is 281 g/mol. The molecule has 1 aromatic carbocycles. The van der Waals surface area contributed by atoms with Crippen molar-refractivity contribution in [2.24, 2.45) is 4.99 Å². The zero-order valence-corrected chi connectivity index (χ0v) is 11.5. The molecule has 0 amide bonds. The first-order chi connectivity index (χ1) is 9.52. The highest BCUT2D eigenvalue weighted by atomic mass is 19.4. The molecule has 1 nitrogen and oxygen atoms in total. The van der Waals surface area contributed by atoms with E-state index in [0.717, 1.165) is 36.6 Å². The van der Waals surface area contributed by atoms with Gasteiger partial charge in [0.2, 0.25) is 0 Å². The third-order valence-corrected chi connectivity index (χ3v) is 3.40. The fraction of sp³-hybridized carbons (Fsp3) is 0.438. The number of benzene rings is 1. The van der Waals surface area contributed by atoms with Crippen LogP contribution >= 0.6 is 0 Å². The molecule has 4 heteroatoms. The highest BCUT2D eigenvalue weighted by Crippen LogP contribution is 2.36. The van der Waals surface area contributed by atoms with Gasteiger partial charge in [-0.3, -0.25) is 4.99 Å². The smallest absolute Gasteiger partial charge is 0.289 e. The van der Waals surface area contributed by atoms with Crippen LogP contribution in [0.1, 0.15) is 43.7 Å². The van der Waals surface area contributed by atoms with Crippen molar-refractivity contribution in [2.45, 2.75) is 38.8 Å². The Balaban J connectivity index is 2.32. The number of hydrogen-bond acceptors (Lipinski definition) is 1. The molecule has 1 heterocycles. The molecule has 2 rings (SSSR count). The third kappa shape index (κ3) is 3.50. The molecule has 0 saturated heterocycles. The van der Waals surface area contributed by atoms with Gasteiger partial charge < -0.3 is 0 Å². The Morgan fingerprint density at radius 2 is 1.95 bits per heavy atom. The van der Waals surface area contributed by atoms with Crippen LogP contribution in [-0.2, 0) is 6.18 Å². The summed E-state index contributed by atoms with van der Waals surface area (Å²) in [6.07, 6.45) is 1.01. The van der Waals surface area contributed by atoms with Gasteiger partial charge in [0.1, 0.15) is 0 Å². The highest BCUT2D eigenvalue weighted by Gasteiger charge is 2.33. The van der Waals surface area contributed by atoms with Gasteiger partial charge in [-0.25, -0.2) is 0 Å². The van der Waals surface area contributed by atoms with E-state index in [4.69, 9.17) is 0 Å². The quantitative estimate of drug-likeness (QED) is 0.726. The van der Waals surface area contributed by atoms with Crippen molar-refractivity contribution in [3.63, 3.8) is 0 Å². The van der Waals surface area contributed by atoms with Gasteiger partial charge in [-0.2, -0.15) is 13.2 Å². The van der Waals surface area contributed by atoms with Crippen molar-refractivity contribution in [1.29, 1.82) is 0 Å². The van der Waals surface area contributed by atoms with Crippen LogP contribution in [0.5, 0.6) is 0 Å². The Morgan fingerprint density at radius 3 is 2.65 bits per heavy atom. The molecule has 1 aliphatic heterocycles. The summed E-state index contributed by atoms with van der Waals surface area (Å²) in [4.78, 5) is 4.39. The van der Waals surface area contributed by atoms with Gasteiger partial charge in [0, 0.05) is 12.3 Å². The Labute approximate surface area is 117 Å². The number of alkyl halides is 3. The van der Waals surface area contributed by atoms with Gasteiger partial charge in [0.25, 0.3) is 0 Å². The first-order valence-corrected chi connectivity index (χ1v) is 6.93. The van der Waals surface area contributed by atoms with Gasteiger partial charge in [-0.1, -0.05) is 31.5 Å². The summed E-state index contributed by atoms with van der Waals surface area (Å²) >= 11 is 0. The largest absolute Gasteiger partial charge is 0.416 e. The maximum Gasteiger partial charge on any atom is 0.416 e. The lowest BCUT2D eigenvalue weighted by Crippen LogP contribution is -2.11. The molecule has 0 unspecified atom stereocenters. The maximum atomic E-state index is 13.0. The summed E-state index contributed by atoms with van der Waals surface area (Å²) in [6.45, 7) is 2.67. The third-order valence-electron chi connectivity index (χ3n) is 3.40. The van der Waals surface area contributed by atoms with E-state index in [1.54, 1.807) is 12.1 Å². The number of halogens is 3. The zero-order chi connectivity index (χ0) is 14.6. The SMILES string of the molecule is CCCCC1=NCCC(c2ccccc2C(F)(F)F)=C1. The minimum absolute atomic E-state index is 0.295. The number of nitrogens with zero attached hydrogens (tertiary/aromatic N) is 1. The Morgan fingerprint density at radius 1 is 1.20 bits per heavy atom. The van der Waals surface area contributed by atoms with Crippen LogP contribution in [0.25, 0.3) is 5.57 Å². The van der Waals surface area contributed by atoms with Crippen LogP contribution in [-0.4, -0.2) is 12.3 Å². The fourth-order valence-electron chi connectivity index (χ4n) is 2.37. The van der Waals surface area contributed by atoms with Crippen molar-refractivity contribution >= 4 is 11.3 Å². The molecule has 1 aromatic rings. The van der Waals surface area contributed by atoms with Crippen molar-refractivity contribution in [3.05, 3.63) is 41.5 Å². The Bertz CT molecular complexity index is 527. The molecule has 0 bridgehead atoms. The number of aliphatic imine (C=N–C) groups is 1. The summed E-state index contributed by atoms with van der Waals surface area (Å²) in [5.74, 6) is 0. The first kappa shape index (κ1) is 14.8. The molecule has 0 aliphatic carbocycles. The highest BCUT2D eigenvalue weighted by molar-refractivity contribution is 6.02. The summed E-state index contributed by atoms with van der Waals surface area (Å²) in [5.41, 5.74) is 1.41. The first-order valence-electron chi connectivity index (χ1n) is 6.93. The molecule has 0 N–H and O–H groups in total. The second-order valence-electron chi connectivity index (χ2n) is 4.94. The van der Waals surface area contributed by atoms with E-state index in [1.807, 2.05) is 6.08 Å². The lowest BCUT2D eigenvalue weighted by atomic mass is 9.93. The molecule has 0 atom stereocenters. The van der Waals surface area contributed by atoms with Crippen molar-refractivity contribution in [3.8, 4) is 0 Å². The van der Waals surface area contributed by atoms with E-state index >= 15 is 0 Å². The number of dihydropyridines is 1. The summed E-state index contributed by atoms with van der Waals surface area (Å²) in [5, 5.41) is 0. The van der Waals surface area contributed by atoms with E-state index in [2.05, 4.69) is 11.9 Å². The summed E-state index contributed by atoms with van der Waals surface area (Å²) < 4.78 is 39.1. The van der Waals surface area contributed by atoms with E-state index in [1.165, 1.54) is 6.07 Å². The molecule has 0 saturated carbocycles. The monoisotopic (exact) mass is 281 g/mol. The topological polar surface area (TPSA) is 12.4 Å². The van der Waals surface area contributed by atoms with Gasteiger partial charge >= 0.3 is 6.18 Å². The van der Waals surface area contributed by atoms with Gasteiger partial charge in [-0.15, -0.1) is 0 Å². The van der Waals surface area contributed by atoms with E-state index in [9.17, 15) is 13.2 Å². The molecule has 108 valence electrons. The number of allylic oxidation sites excluding steroid dienone is 1. The number of rotatable bonds is 4. The molecule has 0 aromatic heterocycles. The fourth-order valence-corrected chi connectivity index (χ4v) is 2.37. The molecular formula is C16H18F3N. The van der Waals surface area contributed by atoms with Crippen molar-refractivity contribution in [1.82, 2.24) is 0 Å². The van der Waals surface area contributed by atoms with Gasteiger partial charge in [-0.05, 0) is 42.5 Å². The van der Waals surface area contributed by atoms with Crippen LogP contribution in [0.15, 0.2) is 35.3 Å². The van der Waals surface area contributed by atoms with E-state index < -0.39 is 11.7 Å². The molecule has 0 radical (unpaired) electrons. The van der Waals surface area contributed by atoms with Gasteiger partial charge in [0.15, 0.2) is 0 Å². The van der Waals surface area contributed by atoms with Gasteiger partial charge in [0.05, 0.1) is 5.56 Å². The summed E-state index contributed by atoms with van der Waals surface area (Å²) in [7, 11) is 0. The standard InChI is InChI=1S/C16H18F3N/c1-2-3-6-13-11-12(9-10-20-13)14-7-4-5-8-15(14)16(17,18)19/h4-5,7-8,11H,2-3,6,9-10H2,1H3. The Kier molecular flexibility index (Phi) is 4.63. The predicted molar refractivity (Wildman–Crippen MR) is 75.9 cm³/mol. The molecular weight excluding hydrogens is 263 g/mol. The van der Waals surface area contributed by atoms with E-state index in [-0.39, 0.29) is 0 Å². The van der Waals surface area contributed by atoms with Crippen LogP contribution < -0.4 is 0 Å². The second kappa shape index (κ2) is 6.25. The van der Waals surface area contributed by atoms with Crippen LogP contribution in [0.4, 0.5) is 13.2 Å². The number of unbranched alkanes of at least 4 members (excludes halogenated alkanes) is 1. The minimum atomic E-state index is -4.31. The molecule has 0 fully saturated rings. The van der Waals surface area contributed by atoms with Crippen LogP contribution in [0.3, 0.4) is 0 Å².